The predicted molar refractivity (Wildman–Crippen MR) is 156 cm³/mol. The molecule has 0 saturated carbocycles. The summed E-state index contributed by atoms with van der Waals surface area (Å²) in [6.45, 7) is 3.18. The maximum atomic E-state index is 14.5. The van der Waals surface area contributed by atoms with Gasteiger partial charge in [0.05, 0.1) is 22.6 Å². The van der Waals surface area contributed by atoms with Gasteiger partial charge in [-0.1, -0.05) is 42.9 Å². The average Bonchev–Trinajstić information content (AvgIpc) is 2.97. The number of halogens is 4. The number of benzene rings is 2. The summed E-state index contributed by atoms with van der Waals surface area (Å²) in [6.07, 6.45) is 7.92. The Labute approximate surface area is 242 Å². The van der Waals surface area contributed by atoms with E-state index in [2.05, 4.69) is 20.9 Å². The van der Waals surface area contributed by atoms with Gasteiger partial charge >= 0.3 is 6.18 Å². The zero-order valence-corrected chi connectivity index (χ0v) is 23.1. The summed E-state index contributed by atoms with van der Waals surface area (Å²) in [4.78, 5) is 27.9. The first-order valence-electron chi connectivity index (χ1n) is 14.0. The number of piperidine rings is 1. The van der Waals surface area contributed by atoms with E-state index in [4.69, 9.17) is 5.73 Å². The number of carbonyl (C=O) groups excluding carboxylic acids is 2. The number of para-hydroxylation sites is 2. The second-order valence-electron chi connectivity index (χ2n) is 10.4. The number of hydrogen-bond donors (Lipinski definition) is 4. The van der Waals surface area contributed by atoms with E-state index in [0.717, 1.165) is 44.6 Å². The molecule has 42 heavy (non-hydrogen) atoms. The van der Waals surface area contributed by atoms with Crippen molar-refractivity contribution < 1.29 is 27.2 Å². The quantitative estimate of drug-likeness (QED) is 0.168. The Balaban J connectivity index is 1.41. The third kappa shape index (κ3) is 8.77. The third-order valence-electron chi connectivity index (χ3n) is 7.25. The first kappa shape index (κ1) is 31.0. The zero-order valence-electron chi connectivity index (χ0n) is 23.1. The Morgan fingerprint density at radius 3 is 2.48 bits per heavy atom. The molecular formula is C31H35F4N5O2. The number of amides is 2. The van der Waals surface area contributed by atoms with Crippen molar-refractivity contribution in [3.05, 3.63) is 89.8 Å². The lowest BCUT2D eigenvalue weighted by atomic mass is 9.92. The lowest BCUT2D eigenvalue weighted by Gasteiger charge is -2.28. The van der Waals surface area contributed by atoms with Crippen molar-refractivity contribution >= 4 is 28.9 Å². The Bertz CT molecular complexity index is 1350. The standard InChI is InChI=1S/C31H35F4N5O2/c32-24-20-23(31(33,34)35)13-14-26(24)39-30(42)29(37-16-19-40-17-4-1-5-18-40)22-11-8-21(9-12-22)10-15-28(41)38-27-7-3-2-6-25(27)36/h2-3,6-8,10-15,20-21,29,37H,1,4-5,9,16-19,36H2,(H,38,41)(H,39,42)/b15-10+. The van der Waals surface area contributed by atoms with Crippen molar-refractivity contribution in [2.24, 2.45) is 5.92 Å². The molecule has 1 aliphatic carbocycles. The number of rotatable bonds is 10. The van der Waals surface area contributed by atoms with E-state index < -0.39 is 29.5 Å². The molecule has 0 bridgehead atoms. The van der Waals surface area contributed by atoms with Crippen LogP contribution in [0, 0.1) is 11.7 Å². The van der Waals surface area contributed by atoms with Crippen LogP contribution in [0.25, 0.3) is 0 Å². The number of likely N-dealkylation sites (tertiary alicyclic amines) is 1. The van der Waals surface area contributed by atoms with Gasteiger partial charge in [0.15, 0.2) is 0 Å². The molecule has 0 radical (unpaired) electrons. The summed E-state index contributed by atoms with van der Waals surface area (Å²) in [5, 5.41) is 8.42. The molecule has 1 fully saturated rings. The summed E-state index contributed by atoms with van der Waals surface area (Å²) in [5.41, 5.74) is 6.02. The highest BCUT2D eigenvalue weighted by Crippen LogP contribution is 2.31. The molecule has 5 N–H and O–H groups in total. The van der Waals surface area contributed by atoms with Crippen molar-refractivity contribution in [3.8, 4) is 0 Å². The van der Waals surface area contributed by atoms with Gasteiger partial charge in [0.2, 0.25) is 11.8 Å². The lowest BCUT2D eigenvalue weighted by Crippen LogP contribution is -2.45. The van der Waals surface area contributed by atoms with E-state index >= 15 is 0 Å². The minimum Gasteiger partial charge on any atom is -0.397 e. The van der Waals surface area contributed by atoms with E-state index in [9.17, 15) is 27.2 Å². The van der Waals surface area contributed by atoms with Gasteiger partial charge in [-0.2, -0.15) is 13.2 Å². The molecule has 4 rings (SSSR count). The van der Waals surface area contributed by atoms with E-state index in [1.807, 2.05) is 12.2 Å². The first-order valence-corrected chi connectivity index (χ1v) is 14.0. The summed E-state index contributed by atoms with van der Waals surface area (Å²) in [6, 6.07) is 8.09. The molecule has 224 valence electrons. The van der Waals surface area contributed by atoms with E-state index in [-0.39, 0.29) is 17.5 Å². The molecule has 2 amide bonds. The lowest BCUT2D eigenvalue weighted by molar-refractivity contribution is -0.137. The minimum absolute atomic E-state index is 0.1000. The molecule has 0 aromatic heterocycles. The summed E-state index contributed by atoms with van der Waals surface area (Å²) in [7, 11) is 0. The van der Waals surface area contributed by atoms with Crippen LogP contribution in [0.4, 0.5) is 34.6 Å². The van der Waals surface area contributed by atoms with Gasteiger partial charge < -0.3 is 26.6 Å². The zero-order chi connectivity index (χ0) is 30.1. The maximum Gasteiger partial charge on any atom is 0.416 e. The molecule has 7 nitrogen and oxygen atoms in total. The molecule has 2 aliphatic rings. The van der Waals surface area contributed by atoms with Crippen molar-refractivity contribution in [3.63, 3.8) is 0 Å². The Morgan fingerprint density at radius 1 is 1.05 bits per heavy atom. The number of nitrogen functional groups attached to an aromatic ring is 1. The van der Waals surface area contributed by atoms with Gasteiger partial charge in [0, 0.05) is 13.1 Å². The van der Waals surface area contributed by atoms with Crippen LogP contribution in [0.2, 0.25) is 0 Å². The van der Waals surface area contributed by atoms with Crippen LogP contribution in [-0.2, 0) is 15.8 Å². The van der Waals surface area contributed by atoms with E-state index in [0.29, 0.717) is 36.0 Å². The smallest absolute Gasteiger partial charge is 0.397 e. The number of carbonyl (C=O) groups is 2. The predicted octanol–water partition coefficient (Wildman–Crippen LogP) is 5.51. The number of anilines is 3. The minimum atomic E-state index is -4.69. The van der Waals surface area contributed by atoms with Gasteiger partial charge in [0.25, 0.3) is 0 Å². The molecule has 11 heteroatoms. The number of allylic oxidation sites excluding steroid dienone is 3. The van der Waals surface area contributed by atoms with Crippen LogP contribution in [0.3, 0.4) is 0 Å². The summed E-state index contributed by atoms with van der Waals surface area (Å²) < 4.78 is 53.4. The fourth-order valence-electron chi connectivity index (χ4n) is 4.92. The molecule has 0 spiro atoms. The number of alkyl halides is 3. The van der Waals surface area contributed by atoms with Crippen LogP contribution < -0.4 is 21.7 Å². The largest absolute Gasteiger partial charge is 0.416 e. The van der Waals surface area contributed by atoms with Gasteiger partial charge in [-0.05, 0) is 80.3 Å². The third-order valence-corrected chi connectivity index (χ3v) is 7.25. The van der Waals surface area contributed by atoms with Gasteiger partial charge in [-0.3, -0.25) is 9.59 Å². The van der Waals surface area contributed by atoms with Crippen LogP contribution in [0.1, 0.15) is 31.2 Å². The number of nitrogens with two attached hydrogens (primary N) is 1. The van der Waals surface area contributed by atoms with Crippen LogP contribution in [0.15, 0.2) is 78.4 Å². The monoisotopic (exact) mass is 585 g/mol. The normalized spacial score (nSPS) is 18.5. The Kier molecular flexibility index (Phi) is 10.5. The van der Waals surface area contributed by atoms with Gasteiger partial charge in [-0.25, -0.2) is 4.39 Å². The van der Waals surface area contributed by atoms with Crippen molar-refractivity contribution in [1.29, 1.82) is 0 Å². The SMILES string of the molecule is Nc1ccccc1NC(=O)/C=C/C1C=CC(C(NCCN2CCCCC2)C(=O)Nc2ccc(C(F)(F)F)cc2F)=CC1. The maximum absolute atomic E-state index is 14.5. The van der Waals surface area contributed by atoms with E-state index in [1.54, 1.807) is 36.4 Å². The Hall–Kier alpha value is -3.96. The molecule has 2 unspecified atom stereocenters. The van der Waals surface area contributed by atoms with Crippen molar-refractivity contribution in [1.82, 2.24) is 10.2 Å². The highest BCUT2D eigenvalue weighted by Gasteiger charge is 2.32. The second-order valence-corrected chi connectivity index (χ2v) is 10.4. The summed E-state index contributed by atoms with van der Waals surface area (Å²) in [5.74, 6) is -2.18. The molecule has 1 aliphatic heterocycles. The highest BCUT2D eigenvalue weighted by molar-refractivity contribution is 6.01. The topological polar surface area (TPSA) is 99.5 Å². The van der Waals surface area contributed by atoms with Crippen LogP contribution in [0.5, 0.6) is 0 Å². The number of hydrogen-bond acceptors (Lipinski definition) is 5. The van der Waals surface area contributed by atoms with Crippen LogP contribution in [-0.4, -0.2) is 48.9 Å². The molecule has 1 saturated heterocycles. The fourth-order valence-corrected chi connectivity index (χ4v) is 4.92. The van der Waals surface area contributed by atoms with E-state index in [1.165, 1.54) is 12.5 Å². The molecule has 2 aromatic carbocycles. The fraction of sp³-hybridized carbons (Fsp3) is 0.355. The Morgan fingerprint density at radius 2 is 1.81 bits per heavy atom. The molecule has 2 aromatic rings. The average molecular weight is 586 g/mol. The van der Waals surface area contributed by atoms with Crippen molar-refractivity contribution in [2.45, 2.75) is 37.9 Å². The summed E-state index contributed by atoms with van der Waals surface area (Å²) >= 11 is 0. The molecular weight excluding hydrogens is 550 g/mol. The molecule has 2 atom stereocenters. The second kappa shape index (κ2) is 14.3. The van der Waals surface area contributed by atoms with Crippen molar-refractivity contribution in [2.75, 3.05) is 42.5 Å². The molecule has 1 heterocycles. The van der Waals surface area contributed by atoms with Gasteiger partial charge in [-0.15, -0.1) is 0 Å². The van der Waals surface area contributed by atoms with Gasteiger partial charge in [0.1, 0.15) is 11.9 Å². The van der Waals surface area contributed by atoms with Crippen LogP contribution >= 0.6 is 0 Å². The number of nitrogens with zero attached hydrogens (tertiary/aromatic N) is 1. The number of nitrogens with one attached hydrogen (secondary N) is 3. The first-order chi connectivity index (χ1) is 20.1. The highest BCUT2D eigenvalue weighted by atomic mass is 19.4.